The zero-order chi connectivity index (χ0) is 29.2. The van der Waals surface area contributed by atoms with Gasteiger partial charge in [0.2, 0.25) is 0 Å². The van der Waals surface area contributed by atoms with Crippen molar-refractivity contribution in [3.05, 3.63) is 102 Å². The molecule has 0 radical (unpaired) electrons. The molecule has 0 aliphatic heterocycles. The summed E-state index contributed by atoms with van der Waals surface area (Å²) in [4.78, 5) is 47.4. The molecule has 1 fully saturated rings. The molecule has 4 aromatic rings. The highest BCUT2D eigenvalue weighted by Crippen LogP contribution is 2.42. The smallest absolute Gasteiger partial charge is 0.254 e. The second-order valence-corrected chi connectivity index (χ2v) is 12.9. The van der Waals surface area contributed by atoms with E-state index in [1.165, 1.54) is 53.7 Å². The minimum absolute atomic E-state index is 0.0512. The van der Waals surface area contributed by atoms with Gasteiger partial charge in [-0.3, -0.25) is 19.6 Å². The van der Waals surface area contributed by atoms with Crippen molar-refractivity contribution in [2.24, 2.45) is 0 Å². The molecule has 4 aromatic heterocycles. The van der Waals surface area contributed by atoms with Gasteiger partial charge in [0.25, 0.3) is 11.1 Å². The number of nitrogens with zero attached hydrogens (tertiary/aromatic N) is 4. The Kier molecular flexibility index (Phi) is 8.57. The van der Waals surface area contributed by atoms with E-state index in [0.717, 1.165) is 71.9 Å². The third-order valence-corrected chi connectivity index (χ3v) is 9.85. The van der Waals surface area contributed by atoms with Crippen LogP contribution in [-0.2, 0) is 37.2 Å². The molecule has 42 heavy (non-hydrogen) atoms. The van der Waals surface area contributed by atoms with Gasteiger partial charge in [-0.05, 0) is 88.5 Å². The van der Waals surface area contributed by atoms with Gasteiger partial charge >= 0.3 is 0 Å². The standard InChI is InChI=1S/C17H19N3OS.C14H14FN3OS/c1-10-7-8-18-15(11-5-6-11)13(10)9-22-17-19-14-4-2-3-12(14)16(21)20-17;1-8-10(11(15)5-6-16-8)7-20-14-17-12-4-2-3-9(12)13(19)18-14/h7-8,11H,2-6,9H2,1H3,(H,19,20,21);5-6H,2-4,7H2,1H3,(H,17,18,19). The molecule has 0 spiro atoms. The fourth-order valence-corrected chi connectivity index (χ4v) is 7.46. The maximum absolute atomic E-state index is 13.7. The molecule has 0 saturated heterocycles. The summed E-state index contributed by atoms with van der Waals surface area (Å²) in [6.45, 7) is 3.92. The maximum Gasteiger partial charge on any atom is 0.254 e. The molecule has 7 rings (SSSR count). The number of nitrogens with one attached hydrogen (secondary N) is 2. The van der Waals surface area contributed by atoms with Crippen LogP contribution in [0.15, 0.2) is 44.4 Å². The second-order valence-electron chi connectivity index (χ2n) is 11.0. The highest BCUT2D eigenvalue weighted by atomic mass is 32.2. The molecule has 218 valence electrons. The number of fused-ring (bicyclic) bond motifs is 2. The predicted octanol–water partition coefficient (Wildman–Crippen LogP) is 5.53. The fraction of sp³-hybridized carbons (Fsp3) is 0.419. The minimum atomic E-state index is -0.270. The van der Waals surface area contributed by atoms with E-state index in [-0.39, 0.29) is 16.9 Å². The molecule has 0 bridgehead atoms. The van der Waals surface area contributed by atoms with Crippen molar-refractivity contribution in [3.63, 3.8) is 0 Å². The van der Waals surface area contributed by atoms with Gasteiger partial charge in [-0.2, -0.15) is 0 Å². The lowest BCUT2D eigenvalue weighted by atomic mass is 10.1. The number of aromatic nitrogens is 6. The molecule has 8 nitrogen and oxygen atoms in total. The lowest BCUT2D eigenvalue weighted by Crippen LogP contribution is -2.15. The van der Waals surface area contributed by atoms with Crippen LogP contribution >= 0.6 is 23.5 Å². The Morgan fingerprint density at radius 1 is 0.810 bits per heavy atom. The first-order chi connectivity index (χ1) is 20.4. The van der Waals surface area contributed by atoms with Crippen LogP contribution in [0.5, 0.6) is 0 Å². The topological polar surface area (TPSA) is 117 Å². The monoisotopic (exact) mass is 604 g/mol. The number of hydrogen-bond donors (Lipinski definition) is 2. The third kappa shape index (κ3) is 6.36. The van der Waals surface area contributed by atoms with E-state index in [1.54, 1.807) is 18.7 Å². The number of thioether (sulfide) groups is 2. The van der Waals surface area contributed by atoms with Gasteiger partial charge in [0, 0.05) is 57.9 Å². The van der Waals surface area contributed by atoms with Crippen molar-refractivity contribution < 1.29 is 4.39 Å². The molecule has 3 aliphatic rings. The molecular formula is C31H33FN6O2S2. The molecule has 3 aliphatic carbocycles. The van der Waals surface area contributed by atoms with Crippen LogP contribution in [0.3, 0.4) is 0 Å². The summed E-state index contributed by atoms with van der Waals surface area (Å²) in [5.74, 6) is 1.61. The lowest BCUT2D eigenvalue weighted by Gasteiger charge is -2.11. The first kappa shape index (κ1) is 28.8. The van der Waals surface area contributed by atoms with Gasteiger partial charge in [0.15, 0.2) is 10.3 Å². The molecule has 2 N–H and O–H groups in total. The van der Waals surface area contributed by atoms with Crippen LogP contribution in [0.25, 0.3) is 0 Å². The van der Waals surface area contributed by atoms with Crippen molar-refractivity contribution in [2.45, 2.75) is 93.0 Å². The zero-order valence-electron chi connectivity index (χ0n) is 23.8. The normalized spacial score (nSPS) is 15.2. The predicted molar refractivity (Wildman–Crippen MR) is 163 cm³/mol. The molecular weight excluding hydrogens is 572 g/mol. The van der Waals surface area contributed by atoms with E-state index in [1.807, 2.05) is 6.20 Å². The summed E-state index contributed by atoms with van der Waals surface area (Å²) >= 11 is 2.96. The van der Waals surface area contributed by atoms with Gasteiger partial charge in [0.05, 0.1) is 11.4 Å². The molecule has 0 unspecified atom stereocenters. The largest absolute Gasteiger partial charge is 0.301 e. The highest BCUT2D eigenvalue weighted by molar-refractivity contribution is 7.98. The maximum atomic E-state index is 13.7. The van der Waals surface area contributed by atoms with Crippen molar-refractivity contribution in [2.75, 3.05) is 0 Å². The van der Waals surface area contributed by atoms with E-state index < -0.39 is 0 Å². The minimum Gasteiger partial charge on any atom is -0.301 e. The van der Waals surface area contributed by atoms with Crippen LogP contribution in [0, 0.1) is 19.7 Å². The van der Waals surface area contributed by atoms with E-state index in [0.29, 0.717) is 28.1 Å². The fourth-order valence-electron chi connectivity index (χ4n) is 5.50. The second kappa shape index (κ2) is 12.5. The summed E-state index contributed by atoms with van der Waals surface area (Å²) in [6, 6.07) is 3.42. The van der Waals surface area contributed by atoms with Crippen molar-refractivity contribution in [3.8, 4) is 0 Å². The lowest BCUT2D eigenvalue weighted by molar-refractivity contribution is 0.612. The Morgan fingerprint density at radius 3 is 1.95 bits per heavy atom. The Labute approximate surface area is 251 Å². The number of halogens is 1. The Morgan fingerprint density at radius 2 is 1.38 bits per heavy atom. The SMILES string of the molecule is Cc1ccnc(C2CC2)c1CSc1nc2c(c(=O)[nH]1)CCC2.Cc1nccc(F)c1CSc1nc2c(c(=O)[nH]1)CCC2. The average molecular weight is 605 g/mol. The number of rotatable bonds is 7. The molecule has 1 saturated carbocycles. The summed E-state index contributed by atoms with van der Waals surface area (Å²) in [5.41, 5.74) is 8.65. The Hall–Kier alpha value is -3.31. The third-order valence-electron chi connectivity index (χ3n) is 8.05. The summed E-state index contributed by atoms with van der Waals surface area (Å²) < 4.78 is 13.7. The summed E-state index contributed by atoms with van der Waals surface area (Å²) in [5, 5.41) is 1.30. The van der Waals surface area contributed by atoms with Gasteiger partial charge in [-0.15, -0.1) is 0 Å². The Bertz CT molecular complexity index is 1730. The van der Waals surface area contributed by atoms with Gasteiger partial charge in [0.1, 0.15) is 5.82 Å². The van der Waals surface area contributed by atoms with Crippen LogP contribution < -0.4 is 11.1 Å². The van der Waals surface area contributed by atoms with Crippen LogP contribution in [0.1, 0.15) is 82.2 Å². The Balaban J connectivity index is 0.000000151. The van der Waals surface area contributed by atoms with Gasteiger partial charge < -0.3 is 9.97 Å². The number of H-pyrrole nitrogens is 2. The van der Waals surface area contributed by atoms with Crippen LogP contribution in [0.2, 0.25) is 0 Å². The zero-order valence-corrected chi connectivity index (χ0v) is 25.4. The van der Waals surface area contributed by atoms with E-state index in [9.17, 15) is 14.0 Å². The van der Waals surface area contributed by atoms with Crippen molar-refractivity contribution in [1.29, 1.82) is 0 Å². The number of pyridine rings is 2. The molecule has 0 amide bonds. The number of aromatic amines is 2. The molecule has 11 heteroatoms. The first-order valence-corrected chi connectivity index (χ1v) is 16.4. The number of hydrogen-bond acceptors (Lipinski definition) is 8. The molecule has 0 atom stereocenters. The number of aryl methyl sites for hydroxylation is 4. The summed E-state index contributed by atoms with van der Waals surface area (Å²) in [6.07, 6.45) is 11.4. The van der Waals surface area contributed by atoms with Crippen LogP contribution in [0.4, 0.5) is 4.39 Å². The van der Waals surface area contributed by atoms with Gasteiger partial charge in [-0.25, -0.2) is 14.4 Å². The van der Waals surface area contributed by atoms with E-state index in [2.05, 4.69) is 42.9 Å². The molecule has 4 heterocycles. The highest BCUT2D eigenvalue weighted by Gasteiger charge is 2.28. The van der Waals surface area contributed by atoms with Crippen molar-refractivity contribution >= 4 is 23.5 Å². The molecule has 0 aromatic carbocycles. The van der Waals surface area contributed by atoms with Gasteiger partial charge in [-0.1, -0.05) is 23.5 Å². The van der Waals surface area contributed by atoms with Crippen molar-refractivity contribution in [1.82, 2.24) is 29.9 Å². The van der Waals surface area contributed by atoms with E-state index in [4.69, 9.17) is 0 Å². The quantitative estimate of drug-likeness (QED) is 0.209. The first-order valence-electron chi connectivity index (χ1n) is 14.4. The van der Waals surface area contributed by atoms with Crippen LogP contribution in [-0.4, -0.2) is 29.9 Å². The summed E-state index contributed by atoms with van der Waals surface area (Å²) in [7, 11) is 0. The average Bonchev–Trinajstić information content (AvgIpc) is 3.49. The van der Waals surface area contributed by atoms with E-state index >= 15 is 0 Å².